The Morgan fingerprint density at radius 3 is 2.46 bits per heavy atom. The van der Waals surface area contributed by atoms with Crippen LogP contribution in [0.25, 0.3) is 0 Å². The fourth-order valence-corrected chi connectivity index (χ4v) is 4.11. The van der Waals surface area contributed by atoms with Crippen molar-refractivity contribution in [3.05, 3.63) is 64.2 Å². The molecule has 0 aromatic heterocycles. The minimum absolute atomic E-state index is 0.0128. The molecule has 1 aliphatic rings. The molecule has 2 aromatic carbocycles. The van der Waals surface area contributed by atoms with E-state index in [0.717, 1.165) is 18.9 Å². The number of nitrogens with one attached hydrogen (secondary N) is 1. The van der Waals surface area contributed by atoms with Gasteiger partial charge in [-0.15, -0.1) is 0 Å². The van der Waals surface area contributed by atoms with Crippen molar-refractivity contribution >= 4 is 21.7 Å². The predicted octanol–water partition coefficient (Wildman–Crippen LogP) is 3.28. The van der Waals surface area contributed by atoms with Crippen LogP contribution in [0.2, 0.25) is 0 Å². The van der Waals surface area contributed by atoms with Crippen LogP contribution < -0.4 is 9.50 Å². The van der Waals surface area contributed by atoms with Crippen LogP contribution in [0.4, 0.5) is 5.69 Å². The molecule has 1 saturated carbocycles. The Kier molecular flexibility index (Phi) is 5.93. The van der Waals surface area contributed by atoms with Gasteiger partial charge in [0.15, 0.2) is 0 Å². The van der Waals surface area contributed by atoms with Gasteiger partial charge in [0.05, 0.1) is 4.92 Å². The van der Waals surface area contributed by atoms with Gasteiger partial charge in [-0.2, -0.15) is 8.42 Å². The number of nitro benzene ring substituents is 1. The Hall–Kier alpha value is -2.94. The van der Waals surface area contributed by atoms with E-state index in [1.165, 1.54) is 55.3 Å². The number of nitrogens with zero attached hydrogens (tertiary/aromatic N) is 1. The third-order valence-electron chi connectivity index (χ3n) is 4.67. The lowest BCUT2D eigenvalue weighted by atomic mass is 10.1. The molecule has 8 nitrogen and oxygen atoms in total. The summed E-state index contributed by atoms with van der Waals surface area (Å²) in [7, 11) is -4.23. The first-order valence-corrected chi connectivity index (χ1v) is 10.3. The summed E-state index contributed by atoms with van der Waals surface area (Å²) in [4.78, 5) is 22.0. The number of non-ortho nitro benzene ring substituents is 1. The smallest absolute Gasteiger partial charge is 0.339 e. The summed E-state index contributed by atoms with van der Waals surface area (Å²) in [5.41, 5.74) is 0.0528. The Balaban J connectivity index is 1.65. The molecule has 0 heterocycles. The Morgan fingerprint density at radius 1 is 1.14 bits per heavy atom. The molecule has 2 aromatic rings. The van der Waals surface area contributed by atoms with Gasteiger partial charge in [0.25, 0.3) is 11.6 Å². The van der Waals surface area contributed by atoms with Crippen LogP contribution >= 0.6 is 0 Å². The maximum atomic E-state index is 12.3. The van der Waals surface area contributed by atoms with Crippen LogP contribution in [0.3, 0.4) is 0 Å². The number of amides is 1. The predicted molar refractivity (Wildman–Crippen MR) is 102 cm³/mol. The van der Waals surface area contributed by atoms with Crippen LogP contribution in [-0.4, -0.2) is 25.8 Å². The van der Waals surface area contributed by atoms with Gasteiger partial charge in [-0.3, -0.25) is 14.9 Å². The highest BCUT2D eigenvalue weighted by Gasteiger charge is 2.20. The van der Waals surface area contributed by atoms with Gasteiger partial charge in [0.1, 0.15) is 10.6 Å². The van der Waals surface area contributed by atoms with Crippen molar-refractivity contribution in [3.8, 4) is 5.75 Å². The molecule has 1 aliphatic carbocycles. The lowest BCUT2D eigenvalue weighted by Gasteiger charge is -2.11. The summed E-state index contributed by atoms with van der Waals surface area (Å²) >= 11 is 0. The van der Waals surface area contributed by atoms with E-state index in [2.05, 4.69) is 5.32 Å². The number of rotatable bonds is 7. The first kappa shape index (κ1) is 19.8. The lowest BCUT2D eigenvalue weighted by Crippen LogP contribution is -2.28. The van der Waals surface area contributed by atoms with Crippen LogP contribution in [0.5, 0.6) is 5.75 Å². The quantitative estimate of drug-likeness (QED) is 0.430. The molecule has 1 fully saturated rings. The van der Waals surface area contributed by atoms with Gasteiger partial charge in [0.2, 0.25) is 0 Å². The number of carbonyl (C=O) groups is 1. The third-order valence-corrected chi connectivity index (χ3v) is 5.91. The highest BCUT2D eigenvalue weighted by molar-refractivity contribution is 7.87. The van der Waals surface area contributed by atoms with E-state index < -0.39 is 15.0 Å². The molecule has 0 aliphatic heterocycles. The number of nitro groups is 1. The maximum Gasteiger partial charge on any atom is 0.339 e. The second-order valence-electron chi connectivity index (χ2n) is 6.68. The summed E-state index contributed by atoms with van der Waals surface area (Å²) in [5.74, 6) is 0.311. The van der Waals surface area contributed by atoms with E-state index in [4.69, 9.17) is 4.18 Å². The normalized spacial score (nSPS) is 14.6. The standard InChI is InChI=1S/C19H20N2O6S/c22-19(20-13-14-4-1-2-5-14)15-8-10-17(11-9-15)27-28(25,26)18-7-3-6-16(12-18)21(23)24/h3,6-12,14H,1-2,4-5,13H2,(H,20,22). The van der Waals surface area contributed by atoms with E-state index in [1.54, 1.807) is 0 Å². The van der Waals surface area contributed by atoms with Crippen molar-refractivity contribution in [2.45, 2.75) is 30.6 Å². The molecule has 9 heteroatoms. The van der Waals surface area contributed by atoms with E-state index in [1.807, 2.05) is 0 Å². The van der Waals surface area contributed by atoms with Gasteiger partial charge in [-0.1, -0.05) is 18.9 Å². The minimum Gasteiger partial charge on any atom is -0.379 e. The largest absolute Gasteiger partial charge is 0.379 e. The monoisotopic (exact) mass is 404 g/mol. The van der Waals surface area contributed by atoms with E-state index in [0.29, 0.717) is 18.0 Å². The van der Waals surface area contributed by atoms with Gasteiger partial charge in [0, 0.05) is 24.2 Å². The summed E-state index contributed by atoms with van der Waals surface area (Å²) < 4.78 is 29.7. The van der Waals surface area contributed by atoms with Crippen molar-refractivity contribution < 1.29 is 22.3 Å². The Bertz CT molecular complexity index is 966. The van der Waals surface area contributed by atoms with Gasteiger partial charge < -0.3 is 9.50 Å². The molecule has 28 heavy (non-hydrogen) atoms. The molecular formula is C19H20N2O6S. The van der Waals surface area contributed by atoms with E-state index >= 15 is 0 Å². The fraction of sp³-hybridized carbons (Fsp3) is 0.316. The van der Waals surface area contributed by atoms with Gasteiger partial charge >= 0.3 is 10.1 Å². The first-order chi connectivity index (χ1) is 13.3. The van der Waals surface area contributed by atoms with E-state index in [9.17, 15) is 23.3 Å². The average molecular weight is 404 g/mol. The van der Waals surface area contributed by atoms with Crippen LogP contribution in [0.15, 0.2) is 53.4 Å². The second kappa shape index (κ2) is 8.39. The summed E-state index contributed by atoms with van der Waals surface area (Å²) in [5, 5.41) is 13.7. The maximum absolute atomic E-state index is 12.3. The third kappa shape index (κ3) is 4.86. The Labute approximate surface area is 162 Å². The zero-order valence-electron chi connectivity index (χ0n) is 15.0. The number of hydrogen-bond acceptors (Lipinski definition) is 6. The molecule has 1 amide bonds. The zero-order chi connectivity index (χ0) is 20.1. The molecule has 0 atom stereocenters. The topological polar surface area (TPSA) is 116 Å². The van der Waals surface area contributed by atoms with Crippen molar-refractivity contribution in [3.63, 3.8) is 0 Å². The molecule has 0 radical (unpaired) electrons. The van der Waals surface area contributed by atoms with Crippen molar-refractivity contribution in [1.29, 1.82) is 0 Å². The lowest BCUT2D eigenvalue weighted by molar-refractivity contribution is -0.385. The summed E-state index contributed by atoms with van der Waals surface area (Å²) in [6.07, 6.45) is 4.66. The van der Waals surface area contributed by atoms with Crippen LogP contribution in [0, 0.1) is 16.0 Å². The molecule has 1 N–H and O–H groups in total. The Morgan fingerprint density at radius 2 is 1.82 bits per heavy atom. The zero-order valence-corrected chi connectivity index (χ0v) is 15.9. The molecule has 0 spiro atoms. The number of carbonyl (C=O) groups excluding carboxylic acids is 1. The molecule has 0 bridgehead atoms. The SMILES string of the molecule is O=C(NCC1CCCC1)c1ccc(OS(=O)(=O)c2cccc([N+](=O)[O-])c2)cc1. The van der Waals surface area contributed by atoms with Crippen LogP contribution in [-0.2, 0) is 10.1 Å². The molecule has 3 rings (SSSR count). The summed E-state index contributed by atoms with van der Waals surface area (Å²) in [6.45, 7) is 0.637. The van der Waals surface area contributed by atoms with Gasteiger partial charge in [-0.25, -0.2) is 0 Å². The molecular weight excluding hydrogens is 384 g/mol. The average Bonchev–Trinajstić information content (AvgIpc) is 3.20. The van der Waals surface area contributed by atoms with Crippen molar-refractivity contribution in [2.75, 3.05) is 6.54 Å². The first-order valence-electron chi connectivity index (χ1n) is 8.92. The van der Waals surface area contributed by atoms with Crippen molar-refractivity contribution in [2.24, 2.45) is 5.92 Å². The highest BCUT2D eigenvalue weighted by Crippen LogP contribution is 2.24. The fourth-order valence-electron chi connectivity index (χ4n) is 3.14. The van der Waals surface area contributed by atoms with Crippen LogP contribution in [0.1, 0.15) is 36.0 Å². The molecule has 0 unspecified atom stereocenters. The highest BCUT2D eigenvalue weighted by atomic mass is 32.2. The number of hydrogen-bond donors (Lipinski definition) is 1. The van der Waals surface area contributed by atoms with E-state index in [-0.39, 0.29) is 22.2 Å². The van der Waals surface area contributed by atoms with Crippen molar-refractivity contribution in [1.82, 2.24) is 5.32 Å². The molecule has 148 valence electrons. The molecule has 0 saturated heterocycles. The number of benzene rings is 2. The second-order valence-corrected chi connectivity index (χ2v) is 8.22. The summed E-state index contributed by atoms with van der Waals surface area (Å²) in [6, 6.07) is 10.3. The van der Waals surface area contributed by atoms with Gasteiger partial charge in [-0.05, 0) is 49.1 Å². The minimum atomic E-state index is -4.23.